The molecule has 6 nitrogen and oxygen atoms in total. The van der Waals surface area contributed by atoms with E-state index in [0.717, 1.165) is 11.4 Å². The SMILES string of the molecule is CSc1ccc(C[NH+](C)Cc2nc3ccccc3c(=O)n2CC(N)=O)cc1. The molecule has 0 saturated heterocycles. The number of rotatable bonds is 7. The average Bonchev–Trinajstić information content (AvgIpc) is 2.65. The number of nitrogens with two attached hydrogens (primary N) is 1. The number of hydrogen-bond donors (Lipinski definition) is 2. The summed E-state index contributed by atoms with van der Waals surface area (Å²) in [6, 6.07) is 15.6. The Morgan fingerprint density at radius 2 is 1.85 bits per heavy atom. The van der Waals surface area contributed by atoms with E-state index in [1.54, 1.807) is 23.9 Å². The molecule has 2 aromatic carbocycles. The molecule has 0 fully saturated rings. The molecule has 27 heavy (non-hydrogen) atoms. The van der Waals surface area contributed by atoms with Crippen molar-refractivity contribution in [2.24, 2.45) is 5.73 Å². The number of benzene rings is 2. The Bertz CT molecular complexity index is 1010. The topological polar surface area (TPSA) is 82.4 Å². The maximum absolute atomic E-state index is 12.8. The highest BCUT2D eigenvalue weighted by molar-refractivity contribution is 7.98. The predicted molar refractivity (Wildman–Crippen MR) is 108 cm³/mol. The van der Waals surface area contributed by atoms with Crippen LogP contribution in [-0.2, 0) is 24.4 Å². The minimum absolute atomic E-state index is 0.165. The van der Waals surface area contributed by atoms with Crippen molar-refractivity contribution in [1.29, 1.82) is 0 Å². The normalized spacial score (nSPS) is 12.2. The van der Waals surface area contributed by atoms with Crippen LogP contribution >= 0.6 is 11.8 Å². The summed E-state index contributed by atoms with van der Waals surface area (Å²) < 4.78 is 1.39. The number of fused-ring (bicyclic) bond motifs is 1. The molecule has 0 aliphatic carbocycles. The number of nitrogens with one attached hydrogen (secondary N) is 1. The van der Waals surface area contributed by atoms with Crippen molar-refractivity contribution in [2.75, 3.05) is 13.3 Å². The van der Waals surface area contributed by atoms with E-state index in [1.165, 1.54) is 15.0 Å². The van der Waals surface area contributed by atoms with E-state index in [1.807, 2.05) is 19.2 Å². The van der Waals surface area contributed by atoms with E-state index in [0.29, 0.717) is 23.3 Å². The zero-order valence-electron chi connectivity index (χ0n) is 15.4. The summed E-state index contributed by atoms with van der Waals surface area (Å²) in [6.45, 7) is 1.13. The minimum atomic E-state index is -0.555. The van der Waals surface area contributed by atoms with Crippen molar-refractivity contribution in [2.45, 2.75) is 24.5 Å². The largest absolute Gasteiger partial charge is 0.368 e. The molecule has 1 atom stereocenters. The van der Waals surface area contributed by atoms with Crippen LogP contribution in [0.4, 0.5) is 0 Å². The van der Waals surface area contributed by atoms with Crippen LogP contribution in [0.5, 0.6) is 0 Å². The highest BCUT2D eigenvalue weighted by atomic mass is 32.2. The Labute approximate surface area is 162 Å². The predicted octanol–water partition coefficient (Wildman–Crippen LogP) is 0.819. The number of nitrogens with zero attached hydrogens (tertiary/aromatic N) is 2. The van der Waals surface area contributed by atoms with Crippen LogP contribution in [0.25, 0.3) is 10.9 Å². The fourth-order valence-electron chi connectivity index (χ4n) is 3.09. The second-order valence-corrected chi connectivity index (χ2v) is 7.44. The number of carbonyl (C=O) groups excluding carboxylic acids is 1. The summed E-state index contributed by atoms with van der Waals surface area (Å²) >= 11 is 1.71. The van der Waals surface area contributed by atoms with Crippen molar-refractivity contribution in [3.8, 4) is 0 Å². The molecule has 0 radical (unpaired) electrons. The molecule has 0 bridgehead atoms. The lowest BCUT2D eigenvalue weighted by Gasteiger charge is -2.17. The lowest BCUT2D eigenvalue weighted by atomic mass is 10.2. The van der Waals surface area contributed by atoms with Gasteiger partial charge < -0.3 is 10.6 Å². The van der Waals surface area contributed by atoms with Crippen LogP contribution in [0.15, 0.2) is 58.2 Å². The maximum Gasteiger partial charge on any atom is 0.262 e. The molecule has 1 aromatic heterocycles. The summed E-state index contributed by atoms with van der Waals surface area (Å²) in [6.07, 6.45) is 2.05. The van der Waals surface area contributed by atoms with Crippen molar-refractivity contribution < 1.29 is 9.69 Å². The number of quaternary nitrogens is 1. The van der Waals surface area contributed by atoms with Crippen LogP contribution < -0.4 is 16.2 Å². The van der Waals surface area contributed by atoms with Crippen molar-refractivity contribution in [3.05, 3.63) is 70.3 Å². The molecule has 0 aliphatic heterocycles. The molecule has 3 aromatic rings. The van der Waals surface area contributed by atoms with Crippen LogP contribution in [0.1, 0.15) is 11.4 Å². The smallest absolute Gasteiger partial charge is 0.262 e. The Kier molecular flexibility index (Phi) is 5.93. The Balaban J connectivity index is 1.89. The maximum atomic E-state index is 12.8. The third kappa shape index (κ3) is 4.56. The number of hydrogen-bond acceptors (Lipinski definition) is 4. The first-order valence-electron chi connectivity index (χ1n) is 8.69. The lowest BCUT2D eigenvalue weighted by Crippen LogP contribution is -3.06. The number of carbonyl (C=O) groups is 1. The van der Waals surface area contributed by atoms with Gasteiger partial charge in [0.2, 0.25) is 5.91 Å². The number of amides is 1. The molecule has 3 N–H and O–H groups in total. The molecule has 7 heteroatoms. The Morgan fingerprint density at radius 3 is 2.52 bits per heavy atom. The molecule has 1 amide bonds. The number of thioether (sulfide) groups is 1. The minimum Gasteiger partial charge on any atom is -0.368 e. The zero-order valence-corrected chi connectivity index (χ0v) is 16.3. The van der Waals surface area contributed by atoms with Gasteiger partial charge in [-0.3, -0.25) is 14.2 Å². The van der Waals surface area contributed by atoms with Crippen molar-refractivity contribution >= 4 is 28.6 Å². The summed E-state index contributed by atoms with van der Waals surface area (Å²) in [5.74, 6) is 0.0106. The molecular formula is C20H23N4O2S+. The molecule has 0 aliphatic rings. The van der Waals surface area contributed by atoms with Crippen LogP contribution in [0.2, 0.25) is 0 Å². The molecule has 3 rings (SSSR count). The van der Waals surface area contributed by atoms with E-state index in [-0.39, 0.29) is 12.1 Å². The van der Waals surface area contributed by atoms with Gasteiger partial charge in [0.15, 0.2) is 5.82 Å². The van der Waals surface area contributed by atoms with Crippen LogP contribution in [0.3, 0.4) is 0 Å². The van der Waals surface area contributed by atoms with Gasteiger partial charge in [-0.2, -0.15) is 0 Å². The molecule has 1 heterocycles. The number of primary amides is 1. The van der Waals surface area contributed by atoms with Gasteiger partial charge in [-0.25, -0.2) is 4.98 Å². The van der Waals surface area contributed by atoms with Crippen molar-refractivity contribution in [3.63, 3.8) is 0 Å². The number of para-hydroxylation sites is 1. The first-order chi connectivity index (χ1) is 13.0. The van der Waals surface area contributed by atoms with Crippen LogP contribution in [-0.4, -0.2) is 28.8 Å². The van der Waals surface area contributed by atoms with Gasteiger partial charge in [-0.1, -0.05) is 24.3 Å². The third-order valence-corrected chi connectivity index (χ3v) is 5.12. The van der Waals surface area contributed by atoms with Gasteiger partial charge in [0.25, 0.3) is 5.56 Å². The summed E-state index contributed by atoms with van der Waals surface area (Å²) in [5.41, 5.74) is 6.96. The monoisotopic (exact) mass is 383 g/mol. The van der Waals surface area contributed by atoms with Gasteiger partial charge in [-0.15, -0.1) is 11.8 Å². The molecule has 0 spiro atoms. The summed E-state index contributed by atoms with van der Waals surface area (Å²) in [5, 5.41) is 0.493. The van der Waals surface area contributed by atoms with Crippen LogP contribution in [0, 0.1) is 0 Å². The second-order valence-electron chi connectivity index (χ2n) is 6.56. The Morgan fingerprint density at radius 1 is 1.15 bits per heavy atom. The molecule has 1 unspecified atom stereocenters. The van der Waals surface area contributed by atoms with Crippen molar-refractivity contribution in [1.82, 2.24) is 9.55 Å². The van der Waals surface area contributed by atoms with Gasteiger partial charge in [0, 0.05) is 10.5 Å². The zero-order chi connectivity index (χ0) is 19.4. The number of aromatic nitrogens is 2. The molecular weight excluding hydrogens is 360 g/mol. The first kappa shape index (κ1) is 19.1. The van der Waals surface area contributed by atoms with Gasteiger partial charge in [0.05, 0.1) is 18.0 Å². The molecule has 140 valence electrons. The lowest BCUT2D eigenvalue weighted by molar-refractivity contribution is -0.908. The fourth-order valence-corrected chi connectivity index (χ4v) is 3.50. The van der Waals surface area contributed by atoms with E-state index < -0.39 is 5.91 Å². The quantitative estimate of drug-likeness (QED) is 0.592. The standard InChI is InChI=1S/C20H22N4O2S/c1-23(11-14-7-9-15(27-2)10-8-14)13-19-22-17-6-4-3-5-16(17)20(26)24(19)12-18(21)25/h3-10H,11-13H2,1-2H3,(H2,21,25)/p+1. The third-order valence-electron chi connectivity index (χ3n) is 4.38. The average molecular weight is 383 g/mol. The highest BCUT2D eigenvalue weighted by Gasteiger charge is 2.16. The summed E-state index contributed by atoms with van der Waals surface area (Å²) in [7, 11) is 2.04. The van der Waals surface area contributed by atoms with Gasteiger partial charge in [0.1, 0.15) is 19.6 Å². The van der Waals surface area contributed by atoms with Gasteiger partial charge in [-0.05, 0) is 30.5 Å². The summed E-state index contributed by atoms with van der Waals surface area (Å²) in [4.78, 5) is 31.3. The van der Waals surface area contributed by atoms with E-state index in [9.17, 15) is 9.59 Å². The van der Waals surface area contributed by atoms with E-state index >= 15 is 0 Å². The highest BCUT2D eigenvalue weighted by Crippen LogP contribution is 2.14. The Hall–Kier alpha value is -2.64. The van der Waals surface area contributed by atoms with E-state index in [2.05, 4.69) is 35.5 Å². The first-order valence-corrected chi connectivity index (χ1v) is 9.91. The van der Waals surface area contributed by atoms with E-state index in [4.69, 9.17) is 5.73 Å². The molecule has 0 saturated carbocycles. The second kappa shape index (κ2) is 8.37. The fraction of sp³-hybridized carbons (Fsp3) is 0.250. The van der Waals surface area contributed by atoms with Gasteiger partial charge >= 0.3 is 0 Å².